The lowest BCUT2D eigenvalue weighted by Gasteiger charge is -2.01. The average Bonchev–Trinajstić information content (AvgIpc) is 3.20. The highest BCUT2D eigenvalue weighted by Gasteiger charge is 2.08. The van der Waals surface area contributed by atoms with E-state index < -0.39 is 0 Å². The Bertz CT molecular complexity index is 1160. The van der Waals surface area contributed by atoms with Crippen LogP contribution in [0.4, 0.5) is 11.4 Å². The van der Waals surface area contributed by atoms with E-state index in [9.17, 15) is 4.79 Å². The van der Waals surface area contributed by atoms with Crippen molar-refractivity contribution in [3.63, 3.8) is 0 Å². The Morgan fingerprint density at radius 2 is 1.47 bits per heavy atom. The molecule has 0 radical (unpaired) electrons. The third-order valence-electron chi connectivity index (χ3n) is 4.11. The summed E-state index contributed by atoms with van der Waals surface area (Å²) in [5.74, 6) is -0.290. The summed E-state index contributed by atoms with van der Waals surface area (Å²) in [6.45, 7) is 0.455. The van der Waals surface area contributed by atoms with Gasteiger partial charge in [0.05, 0.1) is 17.1 Å². The summed E-state index contributed by atoms with van der Waals surface area (Å²) in [7, 11) is 0. The number of Topliss-reactive ketones (excluding diaryl/α,β-unsaturated/α-hetero) is 1. The zero-order valence-electron chi connectivity index (χ0n) is 16.8. The molecule has 3 aromatic carbocycles. The van der Waals surface area contributed by atoms with E-state index in [1.54, 1.807) is 36.4 Å². The molecule has 0 aliphatic heterocycles. The van der Waals surface area contributed by atoms with Crippen LogP contribution in [0.3, 0.4) is 0 Å². The Labute approximate surface area is 205 Å². The molecule has 4 rings (SSSR count). The molecule has 0 amide bonds. The summed E-state index contributed by atoms with van der Waals surface area (Å²) in [6, 6.07) is 17.3. The number of benzene rings is 3. The molecule has 0 aliphatic carbocycles. The molecule has 10 heteroatoms. The van der Waals surface area contributed by atoms with Gasteiger partial charge in [0.15, 0.2) is 5.78 Å². The lowest BCUT2D eigenvalue weighted by atomic mass is 10.1. The molecule has 0 unspecified atom stereocenters. The highest BCUT2D eigenvalue weighted by atomic mass is 35.5. The molecule has 6 nitrogen and oxygen atoms in total. The molecule has 1 aromatic heterocycles. The minimum absolute atomic E-state index is 0.0788. The van der Waals surface area contributed by atoms with Gasteiger partial charge in [-0.25, -0.2) is 0 Å². The van der Waals surface area contributed by atoms with Crippen molar-refractivity contribution in [2.45, 2.75) is 6.54 Å². The van der Waals surface area contributed by atoms with Gasteiger partial charge in [0.1, 0.15) is 0 Å². The number of nitrogens with two attached hydrogens (primary N) is 3. The Hall–Kier alpha value is -2.48. The number of alkyl halides is 1. The van der Waals surface area contributed by atoms with Crippen LogP contribution in [0.15, 0.2) is 60.7 Å². The number of nitrogens with one attached hydrogen (secondary N) is 1. The maximum absolute atomic E-state index is 11.1. The number of fused-ring (bicyclic) bond motifs is 1. The van der Waals surface area contributed by atoms with E-state index in [-0.39, 0.29) is 11.7 Å². The number of H-pyrrole nitrogens is 1. The van der Waals surface area contributed by atoms with Crippen LogP contribution in [-0.2, 0) is 6.54 Å². The van der Waals surface area contributed by atoms with Gasteiger partial charge >= 0.3 is 0 Å². The van der Waals surface area contributed by atoms with Gasteiger partial charge in [-0.1, -0.05) is 34.8 Å². The van der Waals surface area contributed by atoms with Crippen LogP contribution < -0.4 is 17.2 Å². The SMILES string of the molecule is NCc1[nH]nc2ccc(Cl)cc12.Nc1ccc(Cl)cc1.Nc1ccc(Cl)cc1C(=O)CCl. The fraction of sp³-hybridized carbons (Fsp3) is 0.0909. The molecule has 4 aromatic rings. The van der Waals surface area contributed by atoms with Crippen molar-refractivity contribution >= 4 is 74.5 Å². The number of aromatic amines is 1. The zero-order valence-corrected chi connectivity index (χ0v) is 19.8. The highest BCUT2D eigenvalue weighted by Crippen LogP contribution is 2.20. The first-order valence-corrected chi connectivity index (χ1v) is 10.9. The minimum atomic E-state index is -0.211. The van der Waals surface area contributed by atoms with Gasteiger partial charge in [-0.15, -0.1) is 11.6 Å². The number of halogens is 4. The standard InChI is InChI=1S/C8H7Cl2NO.C8H8ClN3.C6H6ClN/c9-4-8(12)6-3-5(10)1-2-7(6)11;9-5-1-2-7-6(3-5)8(4-10)12-11-7;7-5-1-3-6(8)4-2-5/h1-3H,4,11H2;1-3H,4,10H2,(H,11,12);1-4H,8H2. The predicted octanol–water partition coefficient (Wildman–Crippen LogP) is 5.94. The van der Waals surface area contributed by atoms with Gasteiger partial charge in [0.2, 0.25) is 0 Å². The van der Waals surface area contributed by atoms with E-state index in [0.717, 1.165) is 27.3 Å². The first kappa shape index (κ1) is 25.8. The number of aromatic nitrogens is 2. The number of nitrogen functional groups attached to an aromatic ring is 2. The number of anilines is 2. The summed E-state index contributed by atoms with van der Waals surface area (Å²) in [5.41, 5.74) is 19.8. The molecule has 32 heavy (non-hydrogen) atoms. The van der Waals surface area contributed by atoms with Gasteiger partial charge in [0.25, 0.3) is 0 Å². The minimum Gasteiger partial charge on any atom is -0.399 e. The molecule has 0 saturated heterocycles. The van der Waals surface area contributed by atoms with Gasteiger partial charge < -0.3 is 17.2 Å². The normalized spacial score (nSPS) is 10.0. The molecule has 7 N–H and O–H groups in total. The Morgan fingerprint density at radius 1 is 0.875 bits per heavy atom. The van der Waals surface area contributed by atoms with E-state index in [4.69, 9.17) is 63.6 Å². The molecule has 0 atom stereocenters. The molecule has 0 aliphatic rings. The van der Waals surface area contributed by atoms with Gasteiger partial charge in [-0.05, 0) is 60.7 Å². The van der Waals surface area contributed by atoms with Crippen LogP contribution in [0, 0.1) is 0 Å². The quantitative estimate of drug-likeness (QED) is 0.153. The summed E-state index contributed by atoms with van der Waals surface area (Å²) >= 11 is 22.4. The van der Waals surface area contributed by atoms with Crippen LogP contribution in [0.5, 0.6) is 0 Å². The fourth-order valence-electron chi connectivity index (χ4n) is 2.50. The number of hydrogen-bond donors (Lipinski definition) is 4. The summed E-state index contributed by atoms with van der Waals surface area (Å²) in [6.07, 6.45) is 0. The van der Waals surface area contributed by atoms with Crippen LogP contribution in [-0.4, -0.2) is 21.9 Å². The second-order valence-electron chi connectivity index (χ2n) is 6.41. The molecule has 168 valence electrons. The number of carbonyl (C=O) groups excluding carboxylic acids is 1. The Balaban J connectivity index is 0.000000174. The van der Waals surface area contributed by atoms with Crippen molar-refractivity contribution in [3.05, 3.63) is 87.0 Å². The lowest BCUT2D eigenvalue weighted by Crippen LogP contribution is -2.04. The van der Waals surface area contributed by atoms with E-state index >= 15 is 0 Å². The first-order valence-electron chi connectivity index (χ1n) is 9.23. The molecule has 0 fully saturated rings. The third kappa shape index (κ3) is 7.58. The number of hydrogen-bond acceptors (Lipinski definition) is 5. The molecule has 0 saturated carbocycles. The number of nitrogens with zero attached hydrogens (tertiary/aromatic N) is 1. The molecular weight excluding hydrogens is 492 g/mol. The van der Waals surface area contributed by atoms with Crippen LogP contribution in [0.25, 0.3) is 10.9 Å². The summed E-state index contributed by atoms with van der Waals surface area (Å²) in [4.78, 5) is 11.1. The fourth-order valence-corrected chi connectivity index (χ4v) is 3.11. The predicted molar refractivity (Wildman–Crippen MR) is 136 cm³/mol. The summed E-state index contributed by atoms with van der Waals surface area (Å²) < 4.78 is 0. The third-order valence-corrected chi connectivity index (χ3v) is 5.07. The molecule has 0 bridgehead atoms. The van der Waals surface area contributed by atoms with Gasteiger partial charge in [0, 0.05) is 43.9 Å². The van der Waals surface area contributed by atoms with E-state index in [0.29, 0.717) is 27.8 Å². The van der Waals surface area contributed by atoms with Crippen molar-refractivity contribution in [1.82, 2.24) is 10.2 Å². The van der Waals surface area contributed by atoms with Crippen molar-refractivity contribution in [1.29, 1.82) is 0 Å². The maximum atomic E-state index is 11.1. The van der Waals surface area contributed by atoms with Crippen LogP contribution >= 0.6 is 46.4 Å². The molecule has 1 heterocycles. The van der Waals surface area contributed by atoms with Crippen LogP contribution in [0.2, 0.25) is 15.1 Å². The van der Waals surface area contributed by atoms with E-state index in [2.05, 4.69) is 10.2 Å². The molecular formula is C22H21Cl4N5O. The second-order valence-corrected chi connectivity index (χ2v) is 7.98. The average molecular weight is 513 g/mol. The number of rotatable bonds is 3. The Kier molecular flexibility index (Phi) is 10.1. The van der Waals surface area contributed by atoms with Crippen molar-refractivity contribution in [3.8, 4) is 0 Å². The lowest BCUT2D eigenvalue weighted by molar-refractivity contribution is 0.102. The van der Waals surface area contributed by atoms with Crippen molar-refractivity contribution in [2.75, 3.05) is 17.3 Å². The van der Waals surface area contributed by atoms with E-state index in [1.807, 2.05) is 18.2 Å². The number of carbonyl (C=O) groups is 1. The largest absolute Gasteiger partial charge is 0.399 e. The smallest absolute Gasteiger partial charge is 0.179 e. The second kappa shape index (κ2) is 12.5. The zero-order chi connectivity index (χ0) is 23.7. The van der Waals surface area contributed by atoms with Crippen molar-refractivity contribution in [2.24, 2.45) is 5.73 Å². The monoisotopic (exact) mass is 511 g/mol. The maximum Gasteiger partial charge on any atom is 0.179 e. The van der Waals surface area contributed by atoms with Crippen LogP contribution in [0.1, 0.15) is 16.1 Å². The number of ketones is 1. The van der Waals surface area contributed by atoms with Gasteiger partial charge in [-0.3, -0.25) is 9.89 Å². The first-order chi connectivity index (χ1) is 15.2. The Morgan fingerprint density at radius 3 is 2.06 bits per heavy atom. The van der Waals surface area contributed by atoms with Crippen molar-refractivity contribution < 1.29 is 4.79 Å². The van der Waals surface area contributed by atoms with E-state index in [1.165, 1.54) is 6.07 Å². The molecule has 0 spiro atoms. The topological polar surface area (TPSA) is 124 Å². The summed E-state index contributed by atoms with van der Waals surface area (Å²) in [5, 5.41) is 9.84. The van der Waals surface area contributed by atoms with Gasteiger partial charge in [-0.2, -0.15) is 5.10 Å². The highest BCUT2D eigenvalue weighted by molar-refractivity contribution is 6.33.